The van der Waals surface area contributed by atoms with Crippen LogP contribution in [0.15, 0.2) is 0 Å². The molecule has 0 unspecified atom stereocenters. The van der Waals surface area contributed by atoms with E-state index in [4.69, 9.17) is 4.74 Å². The Hall–Kier alpha value is -1.04. The Morgan fingerprint density at radius 2 is 1.75 bits per heavy atom. The minimum Gasteiger partial charge on any atom is -0.465 e. The molecule has 0 aromatic heterocycles. The highest BCUT2D eigenvalue weighted by molar-refractivity contribution is 5.80. The fourth-order valence-corrected chi connectivity index (χ4v) is 1.79. The summed E-state index contributed by atoms with van der Waals surface area (Å²) < 4.78 is 5.18. The number of ether oxygens (including phenoxy) is 1. The van der Waals surface area contributed by atoms with E-state index in [-0.39, 0.29) is 5.97 Å². The van der Waals surface area contributed by atoms with E-state index >= 15 is 0 Å². The summed E-state index contributed by atoms with van der Waals surface area (Å²) in [6.45, 7) is 6.46. The van der Waals surface area contributed by atoms with Gasteiger partial charge in [-0.25, -0.2) is 0 Å². The third-order valence-electron chi connectivity index (χ3n) is 2.69. The quantitative estimate of drug-likeness (QED) is 0.469. The largest absolute Gasteiger partial charge is 0.465 e. The zero-order chi connectivity index (χ0) is 12.4. The predicted molar refractivity (Wildman–Crippen MR) is 63.7 cm³/mol. The third-order valence-corrected chi connectivity index (χ3v) is 2.69. The molecule has 0 rings (SSSR count). The highest BCUT2D eigenvalue weighted by Gasteiger charge is 2.38. The molecule has 3 heteroatoms. The Bertz CT molecular complexity index is 237. The number of esters is 1. The lowest BCUT2D eigenvalue weighted by Crippen LogP contribution is -2.31. The first-order valence-electron chi connectivity index (χ1n) is 6.25. The Morgan fingerprint density at radius 3 is 2.12 bits per heavy atom. The van der Waals surface area contributed by atoms with Crippen LogP contribution in [-0.4, -0.2) is 12.6 Å². The van der Waals surface area contributed by atoms with Gasteiger partial charge in [-0.2, -0.15) is 5.26 Å². The van der Waals surface area contributed by atoms with E-state index in [9.17, 15) is 10.1 Å². The topological polar surface area (TPSA) is 50.1 Å². The van der Waals surface area contributed by atoms with Crippen LogP contribution >= 0.6 is 0 Å². The van der Waals surface area contributed by atoms with E-state index in [1.54, 1.807) is 0 Å². The molecule has 0 heterocycles. The van der Waals surface area contributed by atoms with Gasteiger partial charge in [-0.3, -0.25) is 4.79 Å². The molecule has 0 atom stereocenters. The molecule has 0 saturated carbocycles. The number of carbonyl (C=O) groups is 1. The molecular weight excluding hydrogens is 202 g/mol. The summed E-state index contributed by atoms with van der Waals surface area (Å²) in [4.78, 5) is 11.9. The Kier molecular flexibility index (Phi) is 7.62. The standard InChI is InChI=1S/C13H23NO2/c1-4-7-10-16-12(15)13(11-14,8-5-2)9-6-3/h4-10H2,1-3H3. The number of rotatable bonds is 8. The van der Waals surface area contributed by atoms with E-state index in [2.05, 4.69) is 6.07 Å². The van der Waals surface area contributed by atoms with Crippen LogP contribution in [0.1, 0.15) is 59.3 Å². The first-order valence-corrected chi connectivity index (χ1v) is 6.25. The van der Waals surface area contributed by atoms with Gasteiger partial charge in [0.15, 0.2) is 5.41 Å². The summed E-state index contributed by atoms with van der Waals surface area (Å²) >= 11 is 0. The second-order valence-electron chi connectivity index (χ2n) is 4.18. The average molecular weight is 225 g/mol. The maximum atomic E-state index is 11.9. The number of carbonyl (C=O) groups excluding carboxylic acids is 1. The second-order valence-corrected chi connectivity index (χ2v) is 4.18. The Morgan fingerprint density at radius 1 is 1.19 bits per heavy atom. The number of unbranched alkanes of at least 4 members (excludes halogenated alkanes) is 1. The zero-order valence-corrected chi connectivity index (χ0v) is 10.7. The van der Waals surface area contributed by atoms with Crippen LogP contribution in [-0.2, 0) is 9.53 Å². The fourth-order valence-electron chi connectivity index (χ4n) is 1.79. The molecule has 0 aliphatic heterocycles. The summed E-state index contributed by atoms with van der Waals surface area (Å²) in [5.41, 5.74) is -0.906. The number of nitriles is 1. The minimum atomic E-state index is -0.906. The molecule has 0 fully saturated rings. The van der Waals surface area contributed by atoms with Crippen molar-refractivity contribution in [3.05, 3.63) is 0 Å². The second kappa shape index (κ2) is 8.15. The van der Waals surface area contributed by atoms with Crippen molar-refractivity contribution in [2.75, 3.05) is 6.61 Å². The maximum Gasteiger partial charge on any atom is 0.326 e. The first kappa shape index (κ1) is 15.0. The van der Waals surface area contributed by atoms with Crippen LogP contribution in [0.2, 0.25) is 0 Å². The van der Waals surface area contributed by atoms with Gasteiger partial charge in [0.1, 0.15) is 0 Å². The lowest BCUT2D eigenvalue weighted by atomic mass is 9.81. The summed E-state index contributed by atoms with van der Waals surface area (Å²) in [7, 11) is 0. The molecular formula is C13H23NO2. The average Bonchev–Trinajstić information content (AvgIpc) is 2.28. The van der Waals surface area contributed by atoms with Crippen molar-refractivity contribution in [3.8, 4) is 6.07 Å². The normalized spacial score (nSPS) is 10.9. The van der Waals surface area contributed by atoms with Crippen LogP contribution in [0.4, 0.5) is 0 Å². The van der Waals surface area contributed by atoms with Crippen LogP contribution in [0.3, 0.4) is 0 Å². The molecule has 0 N–H and O–H groups in total. The van der Waals surface area contributed by atoms with E-state index in [1.165, 1.54) is 0 Å². The van der Waals surface area contributed by atoms with E-state index in [0.717, 1.165) is 25.7 Å². The Labute approximate surface area is 98.8 Å². The van der Waals surface area contributed by atoms with E-state index in [1.807, 2.05) is 20.8 Å². The third kappa shape index (κ3) is 4.22. The van der Waals surface area contributed by atoms with Gasteiger partial charge in [-0.05, 0) is 19.3 Å². The molecule has 0 aliphatic rings. The highest BCUT2D eigenvalue weighted by Crippen LogP contribution is 2.30. The number of hydrogen-bond donors (Lipinski definition) is 0. The molecule has 0 saturated heterocycles. The van der Waals surface area contributed by atoms with Gasteiger partial charge in [-0.15, -0.1) is 0 Å². The van der Waals surface area contributed by atoms with Gasteiger partial charge in [0.25, 0.3) is 0 Å². The fraction of sp³-hybridized carbons (Fsp3) is 0.846. The van der Waals surface area contributed by atoms with Gasteiger partial charge in [-0.1, -0.05) is 40.0 Å². The van der Waals surface area contributed by atoms with Crippen LogP contribution in [0, 0.1) is 16.7 Å². The van der Waals surface area contributed by atoms with E-state index in [0.29, 0.717) is 19.4 Å². The summed E-state index contributed by atoms with van der Waals surface area (Å²) in [5.74, 6) is -0.327. The molecule has 3 nitrogen and oxygen atoms in total. The monoisotopic (exact) mass is 225 g/mol. The van der Waals surface area contributed by atoms with Gasteiger partial charge in [0.2, 0.25) is 0 Å². The Balaban J connectivity index is 4.48. The highest BCUT2D eigenvalue weighted by atomic mass is 16.5. The smallest absolute Gasteiger partial charge is 0.326 e. The van der Waals surface area contributed by atoms with Crippen molar-refractivity contribution in [1.29, 1.82) is 5.26 Å². The minimum absolute atomic E-state index is 0.327. The summed E-state index contributed by atoms with van der Waals surface area (Å²) in [6.07, 6.45) is 4.72. The predicted octanol–water partition coefficient (Wildman–Crippen LogP) is 3.44. The van der Waals surface area contributed by atoms with Crippen LogP contribution in [0.25, 0.3) is 0 Å². The first-order chi connectivity index (χ1) is 7.66. The van der Waals surface area contributed by atoms with Crippen molar-refractivity contribution >= 4 is 5.97 Å². The molecule has 0 radical (unpaired) electrons. The van der Waals surface area contributed by atoms with Gasteiger partial charge < -0.3 is 4.74 Å². The van der Waals surface area contributed by atoms with Crippen molar-refractivity contribution in [2.24, 2.45) is 5.41 Å². The van der Waals surface area contributed by atoms with Crippen molar-refractivity contribution in [2.45, 2.75) is 59.3 Å². The zero-order valence-electron chi connectivity index (χ0n) is 10.7. The lowest BCUT2D eigenvalue weighted by molar-refractivity contribution is -0.153. The maximum absolute atomic E-state index is 11.9. The molecule has 16 heavy (non-hydrogen) atoms. The summed E-state index contributed by atoms with van der Waals surface area (Å²) in [6, 6.07) is 2.17. The SMILES string of the molecule is CCCCOC(=O)C(C#N)(CCC)CCC. The molecule has 92 valence electrons. The molecule has 0 aromatic rings. The van der Waals surface area contributed by atoms with Crippen molar-refractivity contribution < 1.29 is 9.53 Å². The number of nitrogens with zero attached hydrogens (tertiary/aromatic N) is 1. The molecule has 0 spiro atoms. The van der Waals surface area contributed by atoms with Crippen LogP contribution in [0.5, 0.6) is 0 Å². The lowest BCUT2D eigenvalue weighted by Gasteiger charge is -2.23. The molecule has 0 amide bonds. The van der Waals surface area contributed by atoms with Crippen LogP contribution < -0.4 is 0 Å². The number of hydrogen-bond acceptors (Lipinski definition) is 3. The molecule has 0 aromatic carbocycles. The van der Waals surface area contributed by atoms with Gasteiger partial charge in [0, 0.05) is 0 Å². The molecule has 0 bridgehead atoms. The molecule has 0 aliphatic carbocycles. The summed E-state index contributed by atoms with van der Waals surface area (Å²) in [5, 5.41) is 9.21. The van der Waals surface area contributed by atoms with Gasteiger partial charge >= 0.3 is 5.97 Å². The van der Waals surface area contributed by atoms with E-state index < -0.39 is 5.41 Å². The van der Waals surface area contributed by atoms with Crippen molar-refractivity contribution in [3.63, 3.8) is 0 Å². The van der Waals surface area contributed by atoms with Crippen molar-refractivity contribution in [1.82, 2.24) is 0 Å². The van der Waals surface area contributed by atoms with Gasteiger partial charge in [0.05, 0.1) is 12.7 Å².